The van der Waals surface area contributed by atoms with E-state index in [9.17, 15) is 4.39 Å². The van der Waals surface area contributed by atoms with Crippen molar-refractivity contribution in [2.75, 3.05) is 0 Å². The molecule has 2 rings (SSSR count). The molecule has 1 aromatic carbocycles. The summed E-state index contributed by atoms with van der Waals surface area (Å²) in [6, 6.07) is 6.85. The molecule has 0 aliphatic heterocycles. The second kappa shape index (κ2) is 5.62. The Balaban J connectivity index is 2.09. The molecule has 0 spiro atoms. The Labute approximate surface area is 116 Å². The summed E-state index contributed by atoms with van der Waals surface area (Å²) in [6.45, 7) is 6.77. The number of hydrogen-bond acceptors (Lipinski definition) is 1. The Morgan fingerprint density at radius 2 is 1.84 bits per heavy atom. The molecule has 0 amide bonds. The predicted molar refractivity (Wildman–Crippen MR) is 78.4 cm³/mol. The predicted octanol–water partition coefficient (Wildman–Crippen LogP) is 4.16. The summed E-state index contributed by atoms with van der Waals surface area (Å²) in [5.41, 5.74) is 7.35. The quantitative estimate of drug-likeness (QED) is 0.870. The number of hydrogen-bond donors (Lipinski definition) is 1. The highest BCUT2D eigenvalue weighted by molar-refractivity contribution is 5.19. The summed E-state index contributed by atoms with van der Waals surface area (Å²) >= 11 is 0. The molecule has 1 fully saturated rings. The van der Waals surface area contributed by atoms with Gasteiger partial charge in [-0.1, -0.05) is 26.0 Å². The van der Waals surface area contributed by atoms with Crippen molar-refractivity contribution in [2.24, 2.45) is 23.5 Å². The number of nitrogens with two attached hydrogens (primary N) is 1. The average Bonchev–Trinajstić information content (AvgIpc) is 2.26. The maximum Gasteiger partial charge on any atom is 0.123 e. The minimum absolute atomic E-state index is 0.168. The lowest BCUT2D eigenvalue weighted by molar-refractivity contribution is 0.144. The van der Waals surface area contributed by atoms with Crippen LogP contribution in [-0.4, -0.2) is 5.54 Å². The fourth-order valence-corrected chi connectivity index (χ4v) is 3.72. The van der Waals surface area contributed by atoms with E-state index in [2.05, 4.69) is 20.8 Å². The van der Waals surface area contributed by atoms with Gasteiger partial charge in [-0.2, -0.15) is 0 Å². The third-order valence-electron chi connectivity index (χ3n) is 4.59. The van der Waals surface area contributed by atoms with Crippen LogP contribution in [0.2, 0.25) is 0 Å². The van der Waals surface area contributed by atoms with Crippen LogP contribution >= 0.6 is 0 Å². The zero-order valence-corrected chi connectivity index (χ0v) is 12.3. The molecule has 3 atom stereocenters. The molecule has 0 heterocycles. The zero-order chi connectivity index (χ0) is 14.0. The first kappa shape index (κ1) is 14.5. The fourth-order valence-electron chi connectivity index (χ4n) is 3.72. The Bertz CT molecular complexity index is 417. The monoisotopic (exact) mass is 263 g/mol. The van der Waals surface area contributed by atoms with Crippen LogP contribution in [0.3, 0.4) is 0 Å². The summed E-state index contributed by atoms with van der Waals surface area (Å²) in [4.78, 5) is 0. The lowest BCUT2D eigenvalue weighted by Gasteiger charge is -2.41. The van der Waals surface area contributed by atoms with Gasteiger partial charge in [-0.05, 0) is 68.1 Å². The average molecular weight is 263 g/mol. The minimum atomic E-state index is -0.239. The van der Waals surface area contributed by atoms with Crippen LogP contribution in [0.4, 0.5) is 4.39 Å². The van der Waals surface area contributed by atoms with Crippen molar-refractivity contribution in [3.8, 4) is 0 Å². The minimum Gasteiger partial charge on any atom is -0.325 e. The molecule has 0 saturated heterocycles. The van der Waals surface area contributed by atoms with Crippen LogP contribution in [0.1, 0.15) is 45.6 Å². The van der Waals surface area contributed by atoms with E-state index in [0.717, 1.165) is 23.8 Å². The summed E-state index contributed by atoms with van der Waals surface area (Å²) in [5, 5.41) is 0. The molecule has 1 saturated carbocycles. The van der Waals surface area contributed by atoms with Crippen molar-refractivity contribution in [1.29, 1.82) is 0 Å². The molecule has 19 heavy (non-hydrogen) atoms. The van der Waals surface area contributed by atoms with E-state index in [1.165, 1.54) is 25.3 Å². The van der Waals surface area contributed by atoms with Crippen LogP contribution in [-0.2, 0) is 6.42 Å². The highest BCUT2D eigenvalue weighted by Gasteiger charge is 2.35. The van der Waals surface area contributed by atoms with E-state index >= 15 is 0 Å². The molecule has 2 N–H and O–H groups in total. The molecular formula is C17H26FN. The summed E-state index contributed by atoms with van der Waals surface area (Å²) in [6.07, 6.45) is 4.47. The van der Waals surface area contributed by atoms with E-state index in [4.69, 9.17) is 5.73 Å². The molecule has 1 aliphatic rings. The third kappa shape index (κ3) is 3.79. The van der Waals surface area contributed by atoms with Gasteiger partial charge >= 0.3 is 0 Å². The molecule has 0 radical (unpaired) electrons. The molecule has 1 nitrogen and oxygen atoms in total. The summed E-state index contributed by atoms with van der Waals surface area (Å²) in [7, 11) is 0. The van der Waals surface area contributed by atoms with Crippen LogP contribution in [0.25, 0.3) is 0 Å². The Morgan fingerprint density at radius 3 is 2.42 bits per heavy atom. The topological polar surface area (TPSA) is 26.0 Å². The first-order chi connectivity index (χ1) is 8.87. The molecule has 2 heteroatoms. The van der Waals surface area contributed by atoms with Gasteiger partial charge in [-0.15, -0.1) is 0 Å². The van der Waals surface area contributed by atoms with Gasteiger partial charge in [-0.25, -0.2) is 4.39 Å². The second-order valence-electron chi connectivity index (χ2n) is 6.93. The Morgan fingerprint density at radius 1 is 1.21 bits per heavy atom. The van der Waals surface area contributed by atoms with Gasteiger partial charge in [0, 0.05) is 5.54 Å². The highest BCUT2D eigenvalue weighted by atomic mass is 19.1. The lowest BCUT2D eigenvalue weighted by atomic mass is 9.67. The first-order valence-corrected chi connectivity index (χ1v) is 7.40. The van der Waals surface area contributed by atoms with E-state index in [1.807, 2.05) is 6.07 Å². The molecule has 0 bridgehead atoms. The standard InChI is InChI=1S/C17H26FN/c1-12-7-13(2)9-15(8-12)17(3,19)11-14-5-4-6-16(18)10-14/h4-6,10,12-13,15H,7-9,11,19H2,1-3H3. The second-order valence-corrected chi connectivity index (χ2v) is 6.93. The number of benzene rings is 1. The normalized spacial score (nSPS) is 30.9. The molecule has 1 aromatic rings. The summed E-state index contributed by atoms with van der Waals surface area (Å²) < 4.78 is 13.3. The van der Waals surface area contributed by atoms with Crippen molar-refractivity contribution in [1.82, 2.24) is 0 Å². The van der Waals surface area contributed by atoms with Gasteiger partial charge in [0.05, 0.1) is 0 Å². The molecule has 1 aliphatic carbocycles. The Kier molecular flexibility index (Phi) is 4.29. The smallest absolute Gasteiger partial charge is 0.123 e. The maximum absolute atomic E-state index is 13.3. The van der Waals surface area contributed by atoms with E-state index in [1.54, 1.807) is 12.1 Å². The van der Waals surface area contributed by atoms with E-state index in [-0.39, 0.29) is 11.4 Å². The van der Waals surface area contributed by atoms with Crippen LogP contribution in [0, 0.1) is 23.6 Å². The van der Waals surface area contributed by atoms with Crippen LogP contribution < -0.4 is 5.73 Å². The zero-order valence-electron chi connectivity index (χ0n) is 12.3. The van der Waals surface area contributed by atoms with Crippen LogP contribution in [0.5, 0.6) is 0 Å². The third-order valence-corrected chi connectivity index (χ3v) is 4.59. The van der Waals surface area contributed by atoms with Gasteiger partial charge in [0.1, 0.15) is 5.82 Å². The van der Waals surface area contributed by atoms with E-state index in [0.29, 0.717) is 5.92 Å². The van der Waals surface area contributed by atoms with Crippen molar-refractivity contribution in [2.45, 2.75) is 52.0 Å². The molecule has 3 unspecified atom stereocenters. The molecule has 0 aromatic heterocycles. The van der Waals surface area contributed by atoms with Crippen LogP contribution in [0.15, 0.2) is 24.3 Å². The molecular weight excluding hydrogens is 237 g/mol. The van der Waals surface area contributed by atoms with Crippen molar-refractivity contribution < 1.29 is 4.39 Å². The number of rotatable bonds is 3. The van der Waals surface area contributed by atoms with E-state index < -0.39 is 0 Å². The van der Waals surface area contributed by atoms with Gasteiger partial charge < -0.3 is 5.73 Å². The summed E-state index contributed by atoms with van der Waals surface area (Å²) in [5.74, 6) is 1.88. The number of halogens is 1. The highest BCUT2D eigenvalue weighted by Crippen LogP contribution is 2.38. The molecule has 106 valence electrons. The lowest BCUT2D eigenvalue weighted by Crippen LogP contribution is -2.48. The van der Waals surface area contributed by atoms with Gasteiger partial charge in [0.15, 0.2) is 0 Å². The first-order valence-electron chi connectivity index (χ1n) is 7.40. The Hall–Kier alpha value is -0.890. The van der Waals surface area contributed by atoms with Gasteiger partial charge in [0.25, 0.3) is 0 Å². The van der Waals surface area contributed by atoms with Gasteiger partial charge in [-0.3, -0.25) is 0 Å². The van der Waals surface area contributed by atoms with Crippen molar-refractivity contribution in [3.63, 3.8) is 0 Å². The fraction of sp³-hybridized carbons (Fsp3) is 0.647. The van der Waals surface area contributed by atoms with Crippen molar-refractivity contribution >= 4 is 0 Å². The maximum atomic E-state index is 13.3. The SMILES string of the molecule is CC1CC(C)CC(C(C)(N)Cc2cccc(F)c2)C1. The van der Waals surface area contributed by atoms with Crippen molar-refractivity contribution in [3.05, 3.63) is 35.6 Å². The van der Waals surface area contributed by atoms with Gasteiger partial charge in [0.2, 0.25) is 0 Å². The largest absolute Gasteiger partial charge is 0.325 e.